The summed E-state index contributed by atoms with van der Waals surface area (Å²) in [5.41, 5.74) is 0. The summed E-state index contributed by atoms with van der Waals surface area (Å²) in [7, 11) is -2.88. The van der Waals surface area contributed by atoms with E-state index < -0.39 is 9.84 Å². The lowest BCUT2D eigenvalue weighted by molar-refractivity contribution is -0.123. The number of likely N-dealkylation sites (N-methyl/N-ethyl adjacent to an activating group) is 1. The Morgan fingerprint density at radius 2 is 1.95 bits per heavy atom. The summed E-state index contributed by atoms with van der Waals surface area (Å²) in [6.07, 6.45) is 5.21. The molecule has 1 N–H and O–H groups in total. The molecule has 19 heavy (non-hydrogen) atoms. The summed E-state index contributed by atoms with van der Waals surface area (Å²) in [5, 5.41) is 3.06. The monoisotopic (exact) mass is 288 g/mol. The van der Waals surface area contributed by atoms with Crippen molar-refractivity contribution in [2.45, 2.75) is 51.1 Å². The van der Waals surface area contributed by atoms with Crippen molar-refractivity contribution in [2.24, 2.45) is 0 Å². The van der Waals surface area contributed by atoms with Crippen LogP contribution in [0, 0.1) is 0 Å². The Morgan fingerprint density at radius 3 is 2.47 bits per heavy atom. The van der Waals surface area contributed by atoms with Crippen LogP contribution in [-0.4, -0.2) is 55.9 Å². The van der Waals surface area contributed by atoms with Gasteiger partial charge >= 0.3 is 0 Å². The number of nitrogens with zero attached hydrogens (tertiary/aromatic N) is 1. The molecule has 1 unspecified atom stereocenters. The van der Waals surface area contributed by atoms with Gasteiger partial charge in [0.2, 0.25) is 5.91 Å². The molecule has 1 heterocycles. The molecule has 1 aliphatic heterocycles. The predicted molar refractivity (Wildman–Crippen MR) is 74.7 cm³/mol. The van der Waals surface area contributed by atoms with Gasteiger partial charge in [0.05, 0.1) is 18.1 Å². The quantitative estimate of drug-likeness (QED) is 0.802. The zero-order valence-corrected chi connectivity index (χ0v) is 12.4. The van der Waals surface area contributed by atoms with E-state index in [9.17, 15) is 13.2 Å². The highest BCUT2D eigenvalue weighted by Crippen LogP contribution is 2.19. The van der Waals surface area contributed by atoms with Crippen LogP contribution < -0.4 is 5.32 Å². The van der Waals surface area contributed by atoms with Crippen molar-refractivity contribution >= 4 is 15.7 Å². The van der Waals surface area contributed by atoms with Crippen LogP contribution in [0.25, 0.3) is 0 Å². The van der Waals surface area contributed by atoms with Gasteiger partial charge in [0.25, 0.3) is 0 Å². The average Bonchev–Trinajstić information content (AvgIpc) is 2.95. The van der Waals surface area contributed by atoms with Crippen LogP contribution in [0.1, 0.15) is 39.0 Å². The molecule has 2 fully saturated rings. The van der Waals surface area contributed by atoms with E-state index in [1.165, 1.54) is 12.8 Å². The van der Waals surface area contributed by atoms with Crippen LogP contribution >= 0.6 is 0 Å². The van der Waals surface area contributed by atoms with Crippen molar-refractivity contribution in [3.8, 4) is 0 Å². The van der Waals surface area contributed by atoms with E-state index in [2.05, 4.69) is 5.32 Å². The van der Waals surface area contributed by atoms with Crippen LogP contribution in [0.4, 0.5) is 0 Å². The van der Waals surface area contributed by atoms with Gasteiger partial charge in [-0.15, -0.1) is 0 Å². The summed E-state index contributed by atoms with van der Waals surface area (Å²) >= 11 is 0. The molecule has 5 nitrogen and oxygen atoms in total. The number of amides is 1. The van der Waals surface area contributed by atoms with E-state index in [0.29, 0.717) is 19.0 Å². The Hall–Kier alpha value is -0.620. The summed E-state index contributed by atoms with van der Waals surface area (Å²) in [6.45, 7) is 3.03. The molecular weight excluding hydrogens is 264 g/mol. The average molecular weight is 288 g/mol. The summed E-state index contributed by atoms with van der Waals surface area (Å²) in [6, 6.07) is 0.350. The van der Waals surface area contributed by atoms with E-state index in [4.69, 9.17) is 0 Å². The molecule has 110 valence electrons. The summed E-state index contributed by atoms with van der Waals surface area (Å²) < 4.78 is 23.0. The second-order valence-corrected chi connectivity index (χ2v) is 7.90. The van der Waals surface area contributed by atoms with E-state index in [1.807, 2.05) is 11.8 Å². The number of carbonyl (C=O) groups excluding carboxylic acids is 1. The zero-order chi connectivity index (χ0) is 13.9. The topological polar surface area (TPSA) is 66.5 Å². The molecule has 1 amide bonds. The molecule has 0 spiro atoms. The third-order valence-corrected chi connectivity index (χ3v) is 5.95. The maximum Gasteiger partial charge on any atom is 0.234 e. The van der Waals surface area contributed by atoms with Gasteiger partial charge in [-0.1, -0.05) is 19.8 Å². The summed E-state index contributed by atoms with van der Waals surface area (Å²) in [4.78, 5) is 14.0. The Kier molecular flexibility index (Phi) is 4.84. The van der Waals surface area contributed by atoms with Crippen LogP contribution in [-0.2, 0) is 14.6 Å². The minimum Gasteiger partial charge on any atom is -0.352 e. The van der Waals surface area contributed by atoms with Gasteiger partial charge in [0.15, 0.2) is 9.84 Å². The highest BCUT2D eigenvalue weighted by Gasteiger charge is 2.32. The first-order chi connectivity index (χ1) is 9.00. The maximum atomic E-state index is 12.0. The molecule has 0 bridgehead atoms. The number of sulfone groups is 1. The first-order valence-electron chi connectivity index (χ1n) is 7.24. The molecule has 2 aliphatic rings. The lowest BCUT2D eigenvalue weighted by atomic mass is 10.2. The lowest BCUT2D eigenvalue weighted by Crippen LogP contribution is -2.45. The molecule has 6 heteroatoms. The molecular formula is C13H24N2O3S. The van der Waals surface area contributed by atoms with Gasteiger partial charge in [-0.05, 0) is 25.8 Å². The van der Waals surface area contributed by atoms with Crippen LogP contribution in [0.15, 0.2) is 0 Å². The van der Waals surface area contributed by atoms with Gasteiger partial charge in [0, 0.05) is 12.1 Å². The van der Waals surface area contributed by atoms with Gasteiger partial charge < -0.3 is 5.32 Å². The van der Waals surface area contributed by atoms with Crippen molar-refractivity contribution in [3.05, 3.63) is 0 Å². The van der Waals surface area contributed by atoms with Crippen molar-refractivity contribution < 1.29 is 13.2 Å². The van der Waals surface area contributed by atoms with E-state index in [-0.39, 0.29) is 23.5 Å². The van der Waals surface area contributed by atoms with Crippen LogP contribution in [0.5, 0.6) is 0 Å². The molecule has 2 rings (SSSR count). The standard InChI is InChI=1S/C13H24N2O3S/c1-2-15(12-7-8-19(17,18)10-12)9-13(16)14-11-5-3-4-6-11/h11-12H,2-10H2,1H3,(H,14,16). The lowest BCUT2D eigenvalue weighted by Gasteiger charge is -2.26. The molecule has 1 saturated heterocycles. The Bertz CT molecular complexity index is 416. The van der Waals surface area contributed by atoms with Gasteiger partial charge in [-0.3, -0.25) is 9.69 Å². The smallest absolute Gasteiger partial charge is 0.234 e. The SMILES string of the molecule is CCN(CC(=O)NC1CCCC1)C1CCS(=O)(=O)C1. The van der Waals surface area contributed by atoms with Crippen molar-refractivity contribution in [3.63, 3.8) is 0 Å². The van der Waals surface area contributed by atoms with Crippen molar-refractivity contribution in [1.29, 1.82) is 0 Å². The normalized spacial score (nSPS) is 26.9. The number of hydrogen-bond donors (Lipinski definition) is 1. The fourth-order valence-electron chi connectivity index (χ4n) is 3.09. The number of hydrogen-bond acceptors (Lipinski definition) is 4. The number of carbonyl (C=O) groups is 1. The highest BCUT2D eigenvalue weighted by atomic mass is 32.2. The number of nitrogens with one attached hydrogen (secondary N) is 1. The summed E-state index contributed by atoms with van der Waals surface area (Å²) in [5.74, 6) is 0.508. The maximum absolute atomic E-state index is 12.0. The molecule has 1 aliphatic carbocycles. The van der Waals surface area contributed by atoms with Gasteiger partial charge in [0.1, 0.15) is 0 Å². The molecule has 0 aromatic rings. The fourth-order valence-corrected chi connectivity index (χ4v) is 4.85. The molecule has 1 saturated carbocycles. The van der Waals surface area contributed by atoms with E-state index >= 15 is 0 Å². The van der Waals surface area contributed by atoms with Crippen LogP contribution in [0.3, 0.4) is 0 Å². The molecule has 0 radical (unpaired) electrons. The second kappa shape index (κ2) is 6.22. The first kappa shape index (κ1) is 14.8. The van der Waals surface area contributed by atoms with E-state index in [0.717, 1.165) is 19.4 Å². The minimum absolute atomic E-state index is 0.0179. The molecule has 0 aromatic heterocycles. The highest BCUT2D eigenvalue weighted by molar-refractivity contribution is 7.91. The fraction of sp³-hybridized carbons (Fsp3) is 0.923. The second-order valence-electron chi connectivity index (χ2n) is 5.67. The molecule has 1 atom stereocenters. The van der Waals surface area contributed by atoms with Gasteiger partial charge in [-0.2, -0.15) is 0 Å². The first-order valence-corrected chi connectivity index (χ1v) is 9.06. The van der Waals surface area contributed by atoms with Gasteiger partial charge in [-0.25, -0.2) is 8.42 Å². The Balaban J connectivity index is 1.83. The van der Waals surface area contributed by atoms with E-state index in [1.54, 1.807) is 0 Å². The zero-order valence-electron chi connectivity index (χ0n) is 11.6. The Labute approximate surface area is 115 Å². The number of rotatable bonds is 5. The predicted octanol–water partition coefficient (Wildman–Crippen LogP) is 0.554. The van der Waals surface area contributed by atoms with Crippen molar-refractivity contribution in [2.75, 3.05) is 24.6 Å². The van der Waals surface area contributed by atoms with Crippen LogP contribution in [0.2, 0.25) is 0 Å². The molecule has 0 aromatic carbocycles. The minimum atomic E-state index is -2.88. The van der Waals surface area contributed by atoms with Crippen molar-refractivity contribution in [1.82, 2.24) is 10.2 Å². The largest absolute Gasteiger partial charge is 0.352 e. The third kappa shape index (κ3) is 4.18. The third-order valence-electron chi connectivity index (χ3n) is 4.20. The Morgan fingerprint density at radius 1 is 1.26 bits per heavy atom.